The molecule has 0 bridgehead atoms. The molecular formula is C12H16ClNO. The van der Waals surface area contributed by atoms with E-state index in [0.29, 0.717) is 0 Å². The van der Waals surface area contributed by atoms with Crippen LogP contribution in [-0.4, -0.2) is 12.1 Å². The molecular weight excluding hydrogens is 210 g/mol. The van der Waals surface area contributed by atoms with Gasteiger partial charge in [0.1, 0.15) is 5.72 Å². The number of hydrogen-bond acceptors (Lipinski definition) is 2. The summed E-state index contributed by atoms with van der Waals surface area (Å²) in [6, 6.07) is 7.77. The molecule has 1 aliphatic heterocycles. The van der Waals surface area contributed by atoms with E-state index in [1.165, 1.54) is 0 Å². The highest BCUT2D eigenvalue weighted by molar-refractivity contribution is 6.30. The number of halogens is 1. The minimum Gasteiger partial charge on any atom is -0.349 e. The van der Waals surface area contributed by atoms with Crippen molar-refractivity contribution in [3.8, 4) is 0 Å². The van der Waals surface area contributed by atoms with Gasteiger partial charge in [-0.25, -0.2) is 0 Å². The number of nitrogens with one attached hydrogen (secondary N) is 1. The minimum absolute atomic E-state index is 0.117. The lowest BCUT2D eigenvalue weighted by atomic mass is 10.1. The number of rotatable bonds is 1. The van der Waals surface area contributed by atoms with Crippen LogP contribution in [-0.2, 0) is 10.5 Å². The molecule has 2 rings (SSSR count). The van der Waals surface area contributed by atoms with Crippen LogP contribution in [0.15, 0.2) is 24.3 Å². The van der Waals surface area contributed by atoms with Gasteiger partial charge in [0, 0.05) is 11.6 Å². The molecule has 0 spiro atoms. The molecule has 82 valence electrons. The van der Waals surface area contributed by atoms with Gasteiger partial charge in [-0.1, -0.05) is 23.7 Å². The van der Waals surface area contributed by atoms with Crippen molar-refractivity contribution < 1.29 is 4.74 Å². The van der Waals surface area contributed by atoms with Crippen LogP contribution in [0.1, 0.15) is 26.3 Å². The summed E-state index contributed by atoms with van der Waals surface area (Å²) in [6.45, 7) is 7.07. The molecule has 0 aromatic heterocycles. The van der Waals surface area contributed by atoms with Crippen molar-refractivity contribution in [1.29, 1.82) is 0 Å². The summed E-state index contributed by atoms with van der Waals surface area (Å²) in [6.07, 6.45) is 0. The molecule has 1 unspecified atom stereocenters. The van der Waals surface area contributed by atoms with Crippen LogP contribution in [0.25, 0.3) is 0 Å². The van der Waals surface area contributed by atoms with E-state index in [1.807, 2.05) is 31.2 Å². The Kier molecular flexibility index (Phi) is 2.53. The minimum atomic E-state index is -0.395. The summed E-state index contributed by atoms with van der Waals surface area (Å²) in [5.41, 5.74) is 0.597. The Labute approximate surface area is 95.6 Å². The van der Waals surface area contributed by atoms with Crippen molar-refractivity contribution in [2.24, 2.45) is 0 Å². The zero-order chi connectivity index (χ0) is 11.1. The molecule has 1 atom stereocenters. The number of hydrogen-bond donors (Lipinski definition) is 1. The topological polar surface area (TPSA) is 21.3 Å². The molecule has 1 fully saturated rings. The second-order valence-electron chi connectivity index (χ2n) is 4.76. The molecule has 1 aromatic carbocycles. The predicted molar refractivity (Wildman–Crippen MR) is 62.0 cm³/mol. The molecule has 15 heavy (non-hydrogen) atoms. The van der Waals surface area contributed by atoms with E-state index in [1.54, 1.807) is 0 Å². The van der Waals surface area contributed by atoms with Crippen LogP contribution in [0, 0.1) is 0 Å². The average molecular weight is 226 g/mol. The van der Waals surface area contributed by atoms with Gasteiger partial charge in [-0.05, 0) is 38.5 Å². The molecule has 3 heteroatoms. The summed E-state index contributed by atoms with van der Waals surface area (Å²) in [7, 11) is 0. The van der Waals surface area contributed by atoms with Crippen molar-refractivity contribution in [2.45, 2.75) is 32.1 Å². The van der Waals surface area contributed by atoms with E-state index in [2.05, 4.69) is 19.2 Å². The van der Waals surface area contributed by atoms with Crippen LogP contribution in [0.5, 0.6) is 0 Å². The highest BCUT2D eigenvalue weighted by Gasteiger charge is 2.41. The van der Waals surface area contributed by atoms with Gasteiger partial charge in [0.2, 0.25) is 0 Å². The third-order valence-corrected chi connectivity index (χ3v) is 2.98. The molecule has 1 aromatic rings. The quantitative estimate of drug-likeness (QED) is 0.794. The van der Waals surface area contributed by atoms with Crippen molar-refractivity contribution in [2.75, 3.05) is 6.54 Å². The zero-order valence-corrected chi connectivity index (χ0v) is 10.1. The number of benzene rings is 1. The van der Waals surface area contributed by atoms with E-state index in [4.69, 9.17) is 16.3 Å². The van der Waals surface area contributed by atoms with E-state index in [0.717, 1.165) is 17.1 Å². The van der Waals surface area contributed by atoms with Gasteiger partial charge in [0.15, 0.2) is 0 Å². The molecule has 1 N–H and O–H groups in total. The van der Waals surface area contributed by atoms with E-state index < -0.39 is 5.72 Å². The lowest BCUT2D eigenvalue weighted by molar-refractivity contribution is -0.0839. The van der Waals surface area contributed by atoms with Crippen molar-refractivity contribution in [3.63, 3.8) is 0 Å². The molecule has 1 saturated heterocycles. The molecule has 0 aliphatic carbocycles. The fraction of sp³-hybridized carbons (Fsp3) is 0.500. The summed E-state index contributed by atoms with van der Waals surface area (Å²) in [5, 5.41) is 4.14. The molecule has 1 heterocycles. The third kappa shape index (κ3) is 2.17. The Bertz CT molecular complexity index is 360. The van der Waals surface area contributed by atoms with Crippen molar-refractivity contribution in [3.05, 3.63) is 34.9 Å². The summed E-state index contributed by atoms with van der Waals surface area (Å²) < 4.78 is 6.01. The van der Waals surface area contributed by atoms with E-state index >= 15 is 0 Å². The molecule has 1 aliphatic rings. The third-order valence-electron chi connectivity index (χ3n) is 2.73. The van der Waals surface area contributed by atoms with Gasteiger partial charge in [0.25, 0.3) is 0 Å². The second kappa shape index (κ2) is 3.48. The summed E-state index contributed by atoms with van der Waals surface area (Å²) >= 11 is 5.86. The van der Waals surface area contributed by atoms with Gasteiger partial charge in [-0.3, -0.25) is 5.32 Å². The smallest absolute Gasteiger partial charge is 0.143 e. The first-order valence-corrected chi connectivity index (χ1v) is 5.50. The van der Waals surface area contributed by atoms with Crippen LogP contribution in [0.3, 0.4) is 0 Å². The maximum atomic E-state index is 6.01. The standard InChI is InChI=1S/C12H16ClNO/c1-11(2)8-14-12(3,15-11)9-4-6-10(13)7-5-9/h4-7,14H,8H2,1-3H3. The van der Waals surface area contributed by atoms with Crippen LogP contribution in [0.2, 0.25) is 5.02 Å². The average Bonchev–Trinajstić information content (AvgIpc) is 2.43. The maximum absolute atomic E-state index is 6.01. The zero-order valence-electron chi connectivity index (χ0n) is 9.30. The highest BCUT2D eigenvalue weighted by Crippen LogP contribution is 2.33. The first kappa shape index (κ1) is 10.9. The first-order valence-electron chi connectivity index (χ1n) is 5.13. The van der Waals surface area contributed by atoms with Crippen LogP contribution in [0.4, 0.5) is 0 Å². The Morgan fingerprint density at radius 1 is 1.20 bits per heavy atom. The lowest BCUT2D eigenvalue weighted by Gasteiger charge is -2.27. The van der Waals surface area contributed by atoms with Crippen LogP contribution >= 0.6 is 11.6 Å². The Hall–Kier alpha value is -0.570. The van der Waals surface area contributed by atoms with Gasteiger partial charge < -0.3 is 4.74 Å². The van der Waals surface area contributed by atoms with E-state index in [9.17, 15) is 0 Å². The van der Waals surface area contributed by atoms with Crippen molar-refractivity contribution >= 4 is 11.6 Å². The lowest BCUT2D eigenvalue weighted by Crippen LogP contribution is -2.34. The number of ether oxygens (including phenoxy) is 1. The Morgan fingerprint density at radius 2 is 1.80 bits per heavy atom. The molecule has 0 amide bonds. The SMILES string of the molecule is CC1(C)CNC(C)(c2ccc(Cl)cc2)O1. The van der Waals surface area contributed by atoms with Gasteiger partial charge in [-0.2, -0.15) is 0 Å². The highest BCUT2D eigenvalue weighted by atomic mass is 35.5. The Morgan fingerprint density at radius 3 is 2.27 bits per heavy atom. The van der Waals surface area contributed by atoms with Gasteiger partial charge in [-0.15, -0.1) is 0 Å². The molecule has 0 saturated carbocycles. The normalized spacial score (nSPS) is 29.3. The largest absolute Gasteiger partial charge is 0.349 e. The molecule has 0 radical (unpaired) electrons. The van der Waals surface area contributed by atoms with Gasteiger partial charge in [0.05, 0.1) is 5.60 Å². The summed E-state index contributed by atoms with van der Waals surface area (Å²) in [5.74, 6) is 0. The molecule has 2 nitrogen and oxygen atoms in total. The monoisotopic (exact) mass is 225 g/mol. The maximum Gasteiger partial charge on any atom is 0.143 e. The fourth-order valence-electron chi connectivity index (χ4n) is 1.94. The predicted octanol–water partition coefficient (Wildman–Crippen LogP) is 2.91. The van der Waals surface area contributed by atoms with Gasteiger partial charge >= 0.3 is 0 Å². The second-order valence-corrected chi connectivity index (χ2v) is 5.19. The van der Waals surface area contributed by atoms with Crippen LogP contribution < -0.4 is 5.32 Å². The first-order chi connectivity index (χ1) is 6.91. The van der Waals surface area contributed by atoms with Crippen molar-refractivity contribution in [1.82, 2.24) is 5.32 Å². The Balaban J connectivity index is 2.27. The van der Waals surface area contributed by atoms with E-state index in [-0.39, 0.29) is 5.60 Å². The fourth-order valence-corrected chi connectivity index (χ4v) is 2.06. The summed E-state index contributed by atoms with van der Waals surface area (Å²) in [4.78, 5) is 0.